The Bertz CT molecular complexity index is 1400. The zero-order chi connectivity index (χ0) is 27.7. The van der Waals surface area contributed by atoms with E-state index in [0.717, 1.165) is 32.0 Å². The van der Waals surface area contributed by atoms with Crippen LogP contribution < -0.4 is 14.9 Å². The molecule has 0 radical (unpaired) electrons. The maximum Gasteiger partial charge on any atom is 0.411 e. The number of hydrogen-bond acceptors (Lipinski definition) is 8. The number of hydrogen-bond donors (Lipinski definition) is 2. The van der Waals surface area contributed by atoms with Gasteiger partial charge in [-0.25, -0.2) is 22.9 Å². The van der Waals surface area contributed by atoms with E-state index < -0.39 is 16.1 Å². The Morgan fingerprint density at radius 1 is 0.949 bits per heavy atom. The third-order valence-corrected chi connectivity index (χ3v) is 7.56. The number of allylic oxidation sites excluding steroid dienone is 1. The van der Waals surface area contributed by atoms with Gasteiger partial charge in [-0.05, 0) is 67.7 Å². The molecule has 0 spiro atoms. The van der Waals surface area contributed by atoms with Crippen LogP contribution in [0, 0.1) is 0 Å². The fraction of sp³-hybridized carbons (Fsp3) is 0.250. The van der Waals surface area contributed by atoms with Gasteiger partial charge in [-0.2, -0.15) is 0 Å². The topological polar surface area (TPSA) is 121 Å². The summed E-state index contributed by atoms with van der Waals surface area (Å²) in [4.78, 5) is 34.0. The van der Waals surface area contributed by atoms with Crippen molar-refractivity contribution in [3.05, 3.63) is 90.1 Å². The summed E-state index contributed by atoms with van der Waals surface area (Å²) >= 11 is 0. The van der Waals surface area contributed by atoms with E-state index in [0.29, 0.717) is 16.9 Å². The zero-order valence-electron chi connectivity index (χ0n) is 21.6. The van der Waals surface area contributed by atoms with Crippen molar-refractivity contribution >= 4 is 39.5 Å². The van der Waals surface area contributed by atoms with Gasteiger partial charge in [0.25, 0.3) is 0 Å². The number of ether oxygens (including phenoxy) is 1. The number of nitrogens with one attached hydrogen (secondary N) is 2. The Labute approximate surface area is 228 Å². The van der Waals surface area contributed by atoms with Gasteiger partial charge in [0.1, 0.15) is 12.4 Å². The van der Waals surface area contributed by atoms with Crippen molar-refractivity contribution in [2.24, 2.45) is 0 Å². The Balaban J connectivity index is 1.23. The first-order valence-electron chi connectivity index (χ1n) is 12.5. The lowest BCUT2D eigenvalue weighted by Crippen LogP contribution is -2.44. The molecule has 4 rings (SSSR count). The molecule has 0 unspecified atom stereocenters. The fourth-order valence-corrected chi connectivity index (χ4v) is 4.91. The molecule has 2 aromatic carbocycles. The molecule has 1 aromatic heterocycles. The van der Waals surface area contributed by atoms with Crippen LogP contribution in [-0.4, -0.2) is 76.6 Å². The van der Waals surface area contributed by atoms with Gasteiger partial charge >= 0.3 is 6.09 Å². The van der Waals surface area contributed by atoms with E-state index in [9.17, 15) is 18.0 Å². The van der Waals surface area contributed by atoms with E-state index in [1.807, 2.05) is 18.2 Å². The summed E-state index contributed by atoms with van der Waals surface area (Å²) in [6.45, 7) is 3.58. The number of likely N-dealkylation sites (N-methyl/N-ethyl adjacent to an activating group) is 1. The largest absolute Gasteiger partial charge is 0.448 e. The van der Waals surface area contributed by atoms with Crippen LogP contribution in [0.5, 0.6) is 0 Å². The molecule has 0 atom stereocenters. The van der Waals surface area contributed by atoms with Crippen LogP contribution in [-0.2, 0) is 14.8 Å². The zero-order valence-corrected chi connectivity index (χ0v) is 22.4. The normalized spacial score (nSPS) is 14.3. The first-order chi connectivity index (χ1) is 18.8. The molecule has 0 bridgehead atoms. The Morgan fingerprint density at radius 3 is 2.38 bits per heavy atom. The highest BCUT2D eigenvalue weighted by Gasteiger charge is 2.15. The quantitative estimate of drug-likeness (QED) is 0.225. The molecule has 1 aliphatic heterocycles. The predicted octanol–water partition coefficient (Wildman–Crippen LogP) is 3.26. The van der Waals surface area contributed by atoms with Crippen LogP contribution in [0.3, 0.4) is 0 Å². The number of ketones is 1. The van der Waals surface area contributed by atoms with Crippen LogP contribution in [0.15, 0.2) is 83.8 Å². The third-order valence-electron chi connectivity index (χ3n) is 6.09. The van der Waals surface area contributed by atoms with Crippen molar-refractivity contribution in [2.75, 3.05) is 56.6 Å². The van der Waals surface area contributed by atoms with E-state index in [1.54, 1.807) is 48.5 Å². The molecule has 10 nitrogen and oxygen atoms in total. The highest BCUT2D eigenvalue weighted by atomic mass is 32.2. The molecule has 1 saturated heterocycles. The van der Waals surface area contributed by atoms with Crippen LogP contribution in [0.4, 0.5) is 16.3 Å². The molecular weight excluding hydrogens is 518 g/mol. The average molecular weight is 550 g/mol. The lowest BCUT2D eigenvalue weighted by atomic mass is 10.1. The third kappa shape index (κ3) is 8.21. The molecule has 204 valence electrons. The van der Waals surface area contributed by atoms with Crippen molar-refractivity contribution < 1.29 is 22.7 Å². The first kappa shape index (κ1) is 28.0. The minimum atomic E-state index is -3.67. The number of anilines is 2. The Kier molecular flexibility index (Phi) is 9.42. The van der Waals surface area contributed by atoms with Crippen LogP contribution in [0.1, 0.15) is 16.1 Å². The molecule has 11 heteroatoms. The molecule has 1 aliphatic rings. The molecular formula is C28H31N5O5S. The average Bonchev–Trinajstić information content (AvgIpc) is 2.95. The summed E-state index contributed by atoms with van der Waals surface area (Å²) in [5.74, 6) is 0.704. The SMILES string of the molecule is CN1CCN(c2cccc(C=CC(=O)c3ccc(NC(=O)OCCNS(=O)(=O)c4ccccc4)cc3)n2)CC1. The van der Waals surface area contributed by atoms with Gasteiger partial charge in [-0.15, -0.1) is 0 Å². The maximum atomic E-state index is 12.6. The number of piperazine rings is 1. The number of aromatic nitrogens is 1. The highest BCUT2D eigenvalue weighted by Crippen LogP contribution is 2.16. The number of amides is 1. The van der Waals surface area contributed by atoms with Gasteiger partial charge in [0.05, 0.1) is 10.6 Å². The number of sulfonamides is 1. The first-order valence-corrected chi connectivity index (χ1v) is 14.0. The van der Waals surface area contributed by atoms with Gasteiger partial charge in [-0.1, -0.05) is 24.3 Å². The van der Waals surface area contributed by atoms with Crippen molar-refractivity contribution in [3.8, 4) is 0 Å². The van der Waals surface area contributed by atoms with Crippen molar-refractivity contribution in [3.63, 3.8) is 0 Å². The van der Waals surface area contributed by atoms with Gasteiger partial charge in [0.2, 0.25) is 10.0 Å². The van der Waals surface area contributed by atoms with E-state index in [-0.39, 0.29) is 23.8 Å². The number of pyridine rings is 1. The summed E-state index contributed by atoms with van der Waals surface area (Å²) < 4.78 is 31.7. The number of nitrogens with zero attached hydrogens (tertiary/aromatic N) is 3. The van der Waals surface area contributed by atoms with Crippen LogP contribution in [0.25, 0.3) is 6.08 Å². The fourth-order valence-electron chi connectivity index (χ4n) is 3.88. The second kappa shape index (κ2) is 13.1. The molecule has 3 aromatic rings. The van der Waals surface area contributed by atoms with Gasteiger partial charge in [0.15, 0.2) is 5.78 Å². The van der Waals surface area contributed by atoms with E-state index >= 15 is 0 Å². The second-order valence-corrected chi connectivity index (χ2v) is 10.7. The van der Waals surface area contributed by atoms with Crippen molar-refractivity contribution in [1.29, 1.82) is 0 Å². The van der Waals surface area contributed by atoms with E-state index in [4.69, 9.17) is 4.74 Å². The van der Waals surface area contributed by atoms with Crippen LogP contribution >= 0.6 is 0 Å². The summed E-state index contributed by atoms with van der Waals surface area (Å²) in [6, 6.07) is 20.1. The molecule has 2 N–H and O–H groups in total. The smallest absolute Gasteiger partial charge is 0.411 e. The number of carbonyl (C=O) groups is 2. The van der Waals surface area contributed by atoms with Gasteiger partial charge < -0.3 is 14.5 Å². The summed E-state index contributed by atoms with van der Waals surface area (Å²) in [5, 5.41) is 2.55. The summed E-state index contributed by atoms with van der Waals surface area (Å²) in [6.07, 6.45) is 2.43. The van der Waals surface area contributed by atoms with Gasteiger partial charge in [-0.3, -0.25) is 10.1 Å². The number of rotatable bonds is 10. The van der Waals surface area contributed by atoms with E-state index in [2.05, 4.69) is 31.9 Å². The molecule has 1 amide bonds. The molecule has 0 saturated carbocycles. The lowest BCUT2D eigenvalue weighted by Gasteiger charge is -2.33. The Hall–Kier alpha value is -4.06. The minimum absolute atomic E-state index is 0.0719. The van der Waals surface area contributed by atoms with Crippen molar-refractivity contribution in [1.82, 2.24) is 14.6 Å². The van der Waals surface area contributed by atoms with Crippen LogP contribution in [0.2, 0.25) is 0 Å². The summed E-state index contributed by atoms with van der Waals surface area (Å²) in [7, 11) is -1.56. The predicted molar refractivity (Wildman–Crippen MR) is 150 cm³/mol. The maximum absolute atomic E-state index is 12.6. The summed E-state index contributed by atoms with van der Waals surface area (Å²) in [5.41, 5.74) is 1.59. The standard InChI is InChI=1S/C28H31N5O5S/c1-32-17-19-33(20-18-32)27-9-5-6-23(30-27)14-15-26(34)22-10-12-24(13-11-22)31-28(35)38-21-16-29-39(36,37)25-7-3-2-4-8-25/h2-15,29H,16-21H2,1H3,(H,31,35). The molecule has 39 heavy (non-hydrogen) atoms. The van der Waals surface area contributed by atoms with E-state index in [1.165, 1.54) is 18.2 Å². The second-order valence-electron chi connectivity index (χ2n) is 8.96. The molecule has 2 heterocycles. The van der Waals surface area contributed by atoms with Gasteiger partial charge in [0, 0.05) is 44.0 Å². The monoisotopic (exact) mass is 549 g/mol. The number of carbonyl (C=O) groups excluding carboxylic acids is 2. The minimum Gasteiger partial charge on any atom is -0.448 e. The molecule has 1 fully saturated rings. The highest BCUT2D eigenvalue weighted by molar-refractivity contribution is 7.89. The Morgan fingerprint density at radius 2 is 1.67 bits per heavy atom. The molecule has 0 aliphatic carbocycles. The van der Waals surface area contributed by atoms with Crippen molar-refractivity contribution in [2.45, 2.75) is 4.90 Å². The lowest BCUT2D eigenvalue weighted by molar-refractivity contribution is 0.104. The number of benzene rings is 2.